The molecule has 14 aromatic rings. The quantitative estimate of drug-likeness (QED) is 0.0207. The van der Waals surface area contributed by atoms with Crippen LogP contribution in [0, 0.1) is 78.1 Å². The van der Waals surface area contributed by atoms with E-state index in [1.54, 1.807) is 87.0 Å². The lowest BCUT2D eigenvalue weighted by molar-refractivity contribution is 0.398. The average molecular weight is 1860 g/mol. The maximum Gasteiger partial charge on any atom is 0.123 e. The van der Waals surface area contributed by atoms with Gasteiger partial charge < -0.3 is 53.5 Å². The van der Waals surface area contributed by atoms with Gasteiger partial charge in [-0.3, -0.25) is 0 Å². The van der Waals surface area contributed by atoms with Gasteiger partial charge in [0.25, 0.3) is 0 Å². The molecule has 18 heteroatoms. The van der Waals surface area contributed by atoms with Gasteiger partial charge in [0.15, 0.2) is 0 Å². The Kier molecular flexibility index (Phi) is 43.9. The average Bonchev–Trinajstić information content (AvgIpc) is 1.74. The summed E-state index contributed by atoms with van der Waals surface area (Å²) in [6.07, 6.45) is 9.67. The lowest BCUT2D eigenvalue weighted by Gasteiger charge is -2.28. The van der Waals surface area contributed by atoms with E-state index in [-0.39, 0.29) is 106 Å². The number of hydrogen-bond donors (Lipinski definition) is 7. The van der Waals surface area contributed by atoms with E-state index in [1.165, 1.54) is 113 Å². The molecule has 2 saturated carbocycles. The third kappa shape index (κ3) is 31.6. The molecule has 0 spiro atoms. The van der Waals surface area contributed by atoms with Crippen molar-refractivity contribution in [2.24, 2.45) is 46.4 Å². The molecule has 0 aromatic heterocycles. The number of nitrogens with one attached hydrogen (secondary N) is 2. The molecular weight excluding hydrogens is 1730 g/mol. The fourth-order valence-corrected chi connectivity index (χ4v) is 19.4. The summed E-state index contributed by atoms with van der Waals surface area (Å²) in [5.74, 6) is 1.54. The molecule has 720 valence electrons. The molecule has 3 unspecified atom stereocenters. The van der Waals surface area contributed by atoms with E-state index in [4.69, 9.17) is 42.9 Å². The predicted octanol–water partition coefficient (Wildman–Crippen LogP) is 26.3. The molecule has 2 fully saturated rings. The predicted molar refractivity (Wildman–Crippen MR) is 545 cm³/mol. The molecule has 0 saturated heterocycles. The third-order valence-corrected chi connectivity index (χ3v) is 25.9. The van der Waals surface area contributed by atoms with Crippen LogP contribution in [0.4, 0.5) is 35.1 Å². The van der Waals surface area contributed by atoms with Crippen LogP contribution in [-0.2, 0) is 0 Å². The van der Waals surface area contributed by atoms with E-state index in [0.29, 0.717) is 49.2 Å². The van der Waals surface area contributed by atoms with Crippen molar-refractivity contribution in [3.63, 3.8) is 0 Å². The molecule has 0 heterocycles. The molecule has 0 bridgehead atoms. The van der Waals surface area contributed by atoms with E-state index >= 15 is 0 Å². The Labute approximate surface area is 806 Å². The van der Waals surface area contributed by atoms with Gasteiger partial charge in [-0.2, -0.15) is 0 Å². The second-order valence-electron chi connectivity index (χ2n) is 35.1. The summed E-state index contributed by atoms with van der Waals surface area (Å²) in [6.45, 7) is 9.99. The molecule has 6 atom stereocenters. The van der Waals surface area contributed by atoms with Gasteiger partial charge in [0.2, 0.25) is 0 Å². The van der Waals surface area contributed by atoms with Gasteiger partial charge in [-0.15, -0.1) is 0 Å². The van der Waals surface area contributed by atoms with Gasteiger partial charge >= 0.3 is 0 Å². The molecule has 12 N–H and O–H groups in total. The summed E-state index contributed by atoms with van der Waals surface area (Å²) in [4.78, 5) is 0. The fraction of sp³-hybridized carbons (Fsp3) is 0.294. The van der Waals surface area contributed by atoms with E-state index in [0.717, 1.165) is 132 Å². The maximum absolute atomic E-state index is 13.6. The van der Waals surface area contributed by atoms with Crippen LogP contribution in [0.15, 0.2) is 346 Å². The van der Waals surface area contributed by atoms with E-state index < -0.39 is 0 Å². The normalized spacial score (nSPS) is 14.6. The minimum Gasteiger partial charge on any atom is -0.496 e. The van der Waals surface area contributed by atoms with Crippen molar-refractivity contribution in [2.75, 3.05) is 68.1 Å². The Morgan fingerprint density at radius 1 is 0.292 bits per heavy atom. The fourth-order valence-electron chi connectivity index (χ4n) is 19.4. The monoisotopic (exact) mass is 1860 g/mol. The lowest BCUT2D eigenvalue weighted by Crippen LogP contribution is -2.30. The van der Waals surface area contributed by atoms with Gasteiger partial charge in [-0.05, 0) is 317 Å². The van der Waals surface area contributed by atoms with E-state index in [2.05, 4.69) is 153 Å². The second-order valence-corrected chi connectivity index (χ2v) is 35.1. The molecule has 16 rings (SSSR count). The highest BCUT2D eigenvalue weighted by Gasteiger charge is 2.36. The van der Waals surface area contributed by atoms with Crippen LogP contribution in [0.3, 0.4) is 0 Å². The Morgan fingerprint density at radius 2 is 0.591 bits per heavy atom. The zero-order valence-corrected chi connectivity index (χ0v) is 80.1. The standard InChI is InChI=1S/2C18H19F2N.C17H19F2N.C17H21NO2.C17H21N.C16H17F2NO.C16H19N/c2*19-14-6-1-4-12(10-14)18(16-8-3-9-17(16)21)13-5-2-7-15(20)11-13;1-12(11-20-2)17(13-5-3-7-15(18)9-13)14-6-4-8-16(19)10-14;1-19-16-9-5-3-7-14(16)13(11-12-18)15-8-4-6-10-17(15)20-2;1-13-7-3-5-9-15(13)17(11-12-18)16-10-6-4-8-14(16)2;1-20-16-6-5-13(18)10-15(16)14(7-8-19)11-3-2-4-12(17)9-11;1-17-13-12-16(14-8-4-2-5-9-14)15-10-6-3-7-11-15/h2*1-2,4-7,10-11,16-18H,3,8-9,21H2;3-10,12,17,20H,11H2,1-2H3;3-10,13H,11-12,18H2,1-2H3;3-10,17H,11-12,18H2,1-2H3;2-6,9-10,14H,7-8,19H2,1H3;2-11,16-17H,12-13H2,1H3/t2*16?,17-;12-;;;;/m100..../s1. The first-order valence-corrected chi connectivity index (χ1v) is 47.5. The first kappa shape index (κ1) is 107. The minimum absolute atomic E-state index is 0.0335. The van der Waals surface area contributed by atoms with Crippen molar-refractivity contribution in [1.29, 1.82) is 0 Å². The summed E-state index contributed by atoms with van der Waals surface area (Å²) in [7, 11) is 8.81. The van der Waals surface area contributed by atoms with Gasteiger partial charge in [0.1, 0.15) is 63.8 Å². The van der Waals surface area contributed by atoms with E-state index in [9.17, 15) is 35.1 Å². The lowest BCUT2D eigenvalue weighted by atomic mass is 9.78. The molecule has 10 nitrogen and oxygen atoms in total. The smallest absolute Gasteiger partial charge is 0.123 e. The molecule has 0 aliphatic heterocycles. The van der Waals surface area contributed by atoms with Crippen molar-refractivity contribution in [2.45, 2.75) is 138 Å². The zero-order valence-electron chi connectivity index (χ0n) is 80.1. The summed E-state index contributed by atoms with van der Waals surface area (Å²) in [5, 5.41) is 6.37. The molecule has 137 heavy (non-hydrogen) atoms. The summed E-state index contributed by atoms with van der Waals surface area (Å²) in [6, 6.07) is 105. The number of ether oxygens (including phenoxy) is 3. The van der Waals surface area contributed by atoms with Crippen molar-refractivity contribution in [3.05, 3.63) is 481 Å². The number of rotatable bonds is 31. The van der Waals surface area contributed by atoms with Crippen molar-refractivity contribution >= 4 is 0 Å². The molecule has 0 radical (unpaired) electrons. The molecule has 2 aliphatic rings. The van der Waals surface area contributed by atoms with Crippen LogP contribution in [0.1, 0.15) is 202 Å². The van der Waals surface area contributed by atoms with Crippen LogP contribution in [0.2, 0.25) is 0 Å². The van der Waals surface area contributed by atoms with Crippen LogP contribution in [0.5, 0.6) is 17.2 Å². The molecule has 0 amide bonds. The zero-order chi connectivity index (χ0) is 98.0. The van der Waals surface area contributed by atoms with Crippen LogP contribution >= 0.6 is 0 Å². The van der Waals surface area contributed by atoms with Gasteiger partial charge in [-0.1, -0.05) is 250 Å². The first-order chi connectivity index (χ1) is 66.5. The largest absolute Gasteiger partial charge is 0.496 e. The Morgan fingerprint density at radius 3 is 0.927 bits per heavy atom. The van der Waals surface area contributed by atoms with Gasteiger partial charge in [-0.25, -0.2) is 35.1 Å². The highest BCUT2D eigenvalue weighted by atomic mass is 19.2. The van der Waals surface area contributed by atoms with Crippen molar-refractivity contribution in [3.8, 4) is 17.2 Å². The van der Waals surface area contributed by atoms with Crippen LogP contribution in [-0.4, -0.2) is 80.2 Å². The van der Waals surface area contributed by atoms with Gasteiger partial charge in [0, 0.05) is 70.2 Å². The maximum atomic E-state index is 13.6. The number of halogens is 8. The summed E-state index contributed by atoms with van der Waals surface area (Å²) in [5.41, 5.74) is 47.0. The highest BCUT2D eigenvalue weighted by molar-refractivity contribution is 5.49. The van der Waals surface area contributed by atoms with Crippen molar-refractivity contribution < 1.29 is 49.3 Å². The molecule has 2 aliphatic carbocycles. The number of nitrogens with two attached hydrogens (primary N) is 5. The Bertz CT molecular complexity index is 5540. The highest BCUT2D eigenvalue weighted by Crippen LogP contribution is 2.45. The van der Waals surface area contributed by atoms with Crippen molar-refractivity contribution in [1.82, 2.24) is 10.6 Å². The second kappa shape index (κ2) is 56.4. The number of para-hydroxylation sites is 2. The topological polar surface area (TPSA) is 182 Å². The number of hydrogen-bond acceptors (Lipinski definition) is 10. The first-order valence-electron chi connectivity index (χ1n) is 47.5. The summed E-state index contributed by atoms with van der Waals surface area (Å²) >= 11 is 0. The third-order valence-electron chi connectivity index (χ3n) is 25.9. The molecule has 14 aromatic carbocycles. The molecular formula is C119H135F8N7O3. The Hall–Kier alpha value is -12.4. The van der Waals surface area contributed by atoms with Crippen LogP contribution in [0.25, 0.3) is 0 Å². The van der Waals surface area contributed by atoms with Gasteiger partial charge in [0.05, 0.1) is 21.3 Å². The number of methoxy groups -OCH3 is 3. The Balaban J connectivity index is 0.000000165. The SMILES string of the molecule is CNCCC(c1ccccc1)c1ccccc1.CNC[C@H](C)C(c1cccc(F)c1)c1cccc(F)c1.COc1ccc(F)cc1C(CCN)c1cccc(F)c1.COc1ccccc1C(CCN)c1ccccc1OC.Cc1ccccc1C(CCN)c1ccccc1C.N[C@@H]1CCCC1C(c1cccc(F)c1)c1cccc(F)c1.N[C@H]1CCCC1C(c1cccc(F)c1)c1cccc(F)c1. The van der Waals surface area contributed by atoms with E-state index in [1.807, 2.05) is 93.0 Å². The minimum atomic E-state index is -0.348. The number of benzene rings is 14. The number of aryl methyl sites for hydroxylation is 2. The summed E-state index contributed by atoms with van der Waals surface area (Å²) < 4.78 is 125. The van der Waals surface area contributed by atoms with Crippen LogP contribution < -0.4 is 53.5 Å².